The second-order valence-electron chi connectivity index (χ2n) is 6.26. The predicted molar refractivity (Wildman–Crippen MR) is 93.9 cm³/mol. The van der Waals surface area contributed by atoms with Gasteiger partial charge in [-0.3, -0.25) is 4.98 Å². The van der Waals surface area contributed by atoms with Gasteiger partial charge in [-0.25, -0.2) is 4.68 Å². The second kappa shape index (κ2) is 5.34. The average molecular weight is 329 g/mol. The molecular formula is C18H15N7. The Labute approximate surface area is 143 Å². The largest absolute Gasteiger partial charge is 0.338 e. The number of H-pyrrole nitrogens is 1. The Kier molecular flexibility index (Phi) is 3.00. The second-order valence-corrected chi connectivity index (χ2v) is 6.26. The maximum Gasteiger partial charge on any atom is 0.272 e. The molecule has 25 heavy (non-hydrogen) atoms. The van der Waals surface area contributed by atoms with Crippen molar-refractivity contribution < 1.29 is 0 Å². The van der Waals surface area contributed by atoms with Crippen molar-refractivity contribution >= 4 is 17.2 Å². The summed E-state index contributed by atoms with van der Waals surface area (Å²) in [6.07, 6.45) is 10.6. The molecule has 0 fully saturated rings. The van der Waals surface area contributed by atoms with Crippen LogP contribution in [0.3, 0.4) is 0 Å². The average Bonchev–Trinajstić information content (AvgIpc) is 3.26. The van der Waals surface area contributed by atoms with Crippen molar-refractivity contribution in [1.82, 2.24) is 34.9 Å². The minimum absolute atomic E-state index is 0.435. The van der Waals surface area contributed by atoms with E-state index in [-0.39, 0.29) is 0 Å². The lowest BCUT2D eigenvalue weighted by Crippen LogP contribution is -2.05. The zero-order valence-electron chi connectivity index (χ0n) is 13.6. The molecule has 0 saturated carbocycles. The summed E-state index contributed by atoms with van der Waals surface area (Å²) in [7, 11) is 0. The van der Waals surface area contributed by atoms with E-state index in [1.807, 2.05) is 24.4 Å². The summed E-state index contributed by atoms with van der Waals surface area (Å²) in [6.45, 7) is 2.19. The topological polar surface area (TPSA) is 85.2 Å². The molecular weight excluding hydrogens is 314 g/mol. The molecule has 1 aliphatic rings. The number of allylic oxidation sites excluding steroid dienone is 1. The number of rotatable bonds is 2. The highest BCUT2D eigenvalue weighted by Crippen LogP contribution is 2.28. The van der Waals surface area contributed by atoms with Gasteiger partial charge in [0.1, 0.15) is 5.52 Å². The molecule has 0 aliphatic heterocycles. The summed E-state index contributed by atoms with van der Waals surface area (Å²) in [5, 5.41) is 13.0. The Morgan fingerprint density at radius 2 is 2.20 bits per heavy atom. The van der Waals surface area contributed by atoms with E-state index in [1.54, 1.807) is 17.1 Å². The lowest BCUT2D eigenvalue weighted by atomic mass is 9.95. The van der Waals surface area contributed by atoms with Crippen molar-refractivity contribution in [1.29, 1.82) is 0 Å². The van der Waals surface area contributed by atoms with Crippen LogP contribution in [0.5, 0.6) is 0 Å². The fourth-order valence-corrected chi connectivity index (χ4v) is 3.13. The minimum atomic E-state index is 0.435. The molecule has 4 aromatic rings. The zero-order valence-corrected chi connectivity index (χ0v) is 13.6. The van der Waals surface area contributed by atoms with Gasteiger partial charge in [-0.1, -0.05) is 19.1 Å². The van der Waals surface area contributed by atoms with E-state index in [0.717, 1.165) is 34.5 Å². The number of pyridine rings is 1. The van der Waals surface area contributed by atoms with Gasteiger partial charge in [0.05, 0.1) is 11.9 Å². The van der Waals surface area contributed by atoms with E-state index < -0.39 is 0 Å². The first-order chi connectivity index (χ1) is 12.3. The van der Waals surface area contributed by atoms with E-state index >= 15 is 0 Å². The zero-order chi connectivity index (χ0) is 16.8. The summed E-state index contributed by atoms with van der Waals surface area (Å²) in [5.74, 6) is 0.935. The van der Waals surface area contributed by atoms with Crippen LogP contribution in [0, 0.1) is 5.92 Å². The molecule has 0 aromatic carbocycles. The van der Waals surface area contributed by atoms with Gasteiger partial charge >= 0.3 is 0 Å². The number of aromatic amines is 1. The van der Waals surface area contributed by atoms with E-state index in [9.17, 15) is 0 Å². The maximum absolute atomic E-state index is 4.60. The van der Waals surface area contributed by atoms with Crippen LogP contribution in [0.2, 0.25) is 0 Å². The number of nitrogens with one attached hydrogen (secondary N) is 1. The van der Waals surface area contributed by atoms with Crippen LogP contribution >= 0.6 is 0 Å². The molecule has 1 aliphatic carbocycles. The van der Waals surface area contributed by atoms with E-state index in [1.165, 1.54) is 5.56 Å². The third-order valence-electron chi connectivity index (χ3n) is 4.41. The van der Waals surface area contributed by atoms with Crippen LogP contribution in [0.15, 0.2) is 42.9 Å². The van der Waals surface area contributed by atoms with E-state index in [0.29, 0.717) is 11.9 Å². The third kappa shape index (κ3) is 2.32. The highest BCUT2D eigenvalue weighted by atomic mass is 15.4. The lowest BCUT2D eigenvalue weighted by Gasteiger charge is -2.10. The van der Waals surface area contributed by atoms with Crippen molar-refractivity contribution in [3.63, 3.8) is 0 Å². The van der Waals surface area contributed by atoms with Gasteiger partial charge in [0, 0.05) is 29.2 Å². The Balaban J connectivity index is 1.56. The highest BCUT2D eigenvalue weighted by molar-refractivity contribution is 5.81. The van der Waals surface area contributed by atoms with Crippen LogP contribution in [0.1, 0.15) is 18.2 Å². The Morgan fingerprint density at radius 1 is 1.24 bits per heavy atom. The van der Waals surface area contributed by atoms with Gasteiger partial charge in [-0.2, -0.15) is 10.1 Å². The van der Waals surface area contributed by atoms with Crippen LogP contribution in [-0.2, 0) is 6.42 Å². The highest BCUT2D eigenvalue weighted by Gasteiger charge is 2.19. The first-order valence-corrected chi connectivity index (χ1v) is 8.18. The molecule has 122 valence electrons. The fourth-order valence-electron chi connectivity index (χ4n) is 3.13. The normalized spacial score (nSPS) is 16.3. The molecule has 1 unspecified atom stereocenters. The van der Waals surface area contributed by atoms with Crippen LogP contribution in [0.25, 0.3) is 34.4 Å². The molecule has 5 rings (SSSR count). The number of aromatic nitrogens is 7. The monoisotopic (exact) mass is 329 g/mol. The molecule has 0 radical (unpaired) electrons. The molecule has 0 spiro atoms. The van der Waals surface area contributed by atoms with Gasteiger partial charge in [-0.15, -0.1) is 10.2 Å². The Morgan fingerprint density at radius 3 is 3.08 bits per heavy atom. The summed E-state index contributed by atoms with van der Waals surface area (Å²) in [6, 6.07) is 5.77. The molecule has 0 saturated heterocycles. The number of hydrogen-bond acceptors (Lipinski definition) is 5. The van der Waals surface area contributed by atoms with Crippen molar-refractivity contribution in [2.45, 2.75) is 13.3 Å². The molecule has 7 heteroatoms. The molecule has 4 heterocycles. The smallest absolute Gasteiger partial charge is 0.272 e. The summed E-state index contributed by atoms with van der Waals surface area (Å²) in [4.78, 5) is 12.3. The molecule has 7 nitrogen and oxygen atoms in total. The summed E-state index contributed by atoms with van der Waals surface area (Å²) < 4.78 is 1.62. The van der Waals surface area contributed by atoms with Crippen LogP contribution in [0.4, 0.5) is 0 Å². The third-order valence-corrected chi connectivity index (χ3v) is 4.41. The van der Waals surface area contributed by atoms with Gasteiger partial charge in [0.2, 0.25) is 0 Å². The van der Waals surface area contributed by atoms with Gasteiger partial charge in [0.15, 0.2) is 5.65 Å². The Hall–Kier alpha value is -3.35. The number of hydrogen-bond donors (Lipinski definition) is 1. The first-order valence-electron chi connectivity index (χ1n) is 8.18. The minimum Gasteiger partial charge on any atom is -0.338 e. The van der Waals surface area contributed by atoms with Crippen molar-refractivity contribution in [3.8, 4) is 17.2 Å². The number of fused-ring (bicyclic) bond motifs is 3. The molecule has 1 N–H and O–H groups in total. The summed E-state index contributed by atoms with van der Waals surface area (Å²) in [5.41, 5.74) is 5.60. The van der Waals surface area contributed by atoms with Gasteiger partial charge < -0.3 is 4.98 Å². The van der Waals surface area contributed by atoms with Crippen molar-refractivity contribution in [2.24, 2.45) is 5.92 Å². The lowest BCUT2D eigenvalue weighted by molar-refractivity contribution is 0.718. The quantitative estimate of drug-likeness (QED) is 0.611. The molecule has 1 atom stereocenters. The van der Waals surface area contributed by atoms with Crippen LogP contribution in [-0.4, -0.2) is 34.9 Å². The number of nitrogens with zero attached hydrogens (tertiary/aromatic N) is 6. The standard InChI is InChI=1S/C18H15N7/c1-11-5-6-15-13(8-11)16-17(21-15)22-18(24-23-16)25-10-12(9-20-25)14-4-2-3-7-19-14/h2-7,9-11H,8H2,1H3,(H,21,22,24). The Bertz CT molecular complexity index is 1090. The van der Waals surface area contributed by atoms with E-state index in [4.69, 9.17) is 0 Å². The van der Waals surface area contributed by atoms with Crippen molar-refractivity contribution in [3.05, 3.63) is 54.1 Å². The first kappa shape index (κ1) is 14.0. The van der Waals surface area contributed by atoms with Gasteiger partial charge in [0.25, 0.3) is 5.95 Å². The molecule has 0 bridgehead atoms. The van der Waals surface area contributed by atoms with E-state index in [2.05, 4.69) is 49.3 Å². The summed E-state index contributed by atoms with van der Waals surface area (Å²) >= 11 is 0. The fraction of sp³-hybridized carbons (Fsp3) is 0.167. The molecule has 4 aromatic heterocycles. The maximum atomic E-state index is 4.60. The predicted octanol–water partition coefficient (Wildman–Crippen LogP) is 2.81. The van der Waals surface area contributed by atoms with Crippen LogP contribution < -0.4 is 0 Å². The molecule has 0 amide bonds. The van der Waals surface area contributed by atoms with Gasteiger partial charge in [-0.05, 0) is 30.5 Å². The van der Waals surface area contributed by atoms with Crippen molar-refractivity contribution in [2.75, 3.05) is 0 Å². The SMILES string of the molecule is CC1C=Cc2[nH]c3nc(-n4cc(-c5ccccn5)cn4)nnc3c2C1.